The van der Waals surface area contributed by atoms with Gasteiger partial charge in [-0.2, -0.15) is 0 Å². The Bertz CT molecular complexity index is 1080. The highest BCUT2D eigenvalue weighted by atomic mass is 16.4. The Kier molecular flexibility index (Phi) is 10.7. The van der Waals surface area contributed by atoms with E-state index in [1.165, 1.54) is 0 Å². The number of aliphatic carboxylic acids is 1. The minimum absolute atomic E-state index is 0.0255. The number of hydrogen-bond acceptors (Lipinski definition) is 5. The highest BCUT2D eigenvalue weighted by molar-refractivity contribution is 5.73. The normalized spacial score (nSPS) is 13.1. The molecule has 3 aromatic carbocycles. The Balaban J connectivity index is 0.000000346. The van der Waals surface area contributed by atoms with Crippen molar-refractivity contribution in [2.45, 2.75) is 58.3 Å². The highest BCUT2D eigenvalue weighted by Gasteiger charge is 2.36. The summed E-state index contributed by atoms with van der Waals surface area (Å²) < 4.78 is 0. The molecule has 36 heavy (non-hydrogen) atoms. The smallest absolute Gasteiger partial charge is 0.337 e. The van der Waals surface area contributed by atoms with Crippen LogP contribution in [0.2, 0.25) is 0 Å². The van der Waals surface area contributed by atoms with Gasteiger partial charge in [-0.05, 0) is 47.1 Å². The van der Waals surface area contributed by atoms with Crippen LogP contribution in [0.4, 0.5) is 0 Å². The molecule has 0 aromatic heterocycles. The van der Waals surface area contributed by atoms with Gasteiger partial charge in [0.2, 0.25) is 0 Å². The standard InChI is InChI=1S/C22H31NO2.C8H8O3/c1-15(2)22(23,16(3)4)13-20(18-8-6-5-7-9-18)19-12-17(14-24)10-11-21(19)25;9-7(8(10)11)6-4-2-1-3-5-6/h5-12,15-16,20,24-25H,13-14,23H2,1-4H3;1-5,7,9H,(H,10,11). The van der Waals surface area contributed by atoms with Crippen LogP contribution >= 0.6 is 0 Å². The molecule has 0 heterocycles. The Morgan fingerprint density at radius 2 is 1.36 bits per heavy atom. The number of phenols is 1. The second kappa shape index (κ2) is 13.2. The Labute approximate surface area is 214 Å². The summed E-state index contributed by atoms with van der Waals surface area (Å²) in [5.41, 5.74) is 9.65. The summed E-state index contributed by atoms with van der Waals surface area (Å²) in [7, 11) is 0. The zero-order valence-corrected chi connectivity index (χ0v) is 21.5. The van der Waals surface area contributed by atoms with Crippen molar-refractivity contribution in [1.29, 1.82) is 0 Å². The van der Waals surface area contributed by atoms with Crippen LogP contribution in [0.25, 0.3) is 0 Å². The van der Waals surface area contributed by atoms with Crippen LogP contribution in [0.15, 0.2) is 78.9 Å². The van der Waals surface area contributed by atoms with Crippen LogP contribution < -0.4 is 5.73 Å². The molecule has 3 aromatic rings. The molecule has 3 rings (SSSR count). The maximum atomic E-state index is 10.5. The van der Waals surface area contributed by atoms with E-state index in [0.717, 1.165) is 23.1 Å². The molecular formula is C30H39NO5. The van der Waals surface area contributed by atoms with Gasteiger partial charge in [0.25, 0.3) is 0 Å². The minimum atomic E-state index is -1.41. The summed E-state index contributed by atoms with van der Waals surface area (Å²) in [5.74, 6) is -0.386. The summed E-state index contributed by atoms with van der Waals surface area (Å²) in [4.78, 5) is 10.2. The number of nitrogens with two attached hydrogens (primary N) is 1. The summed E-state index contributed by atoms with van der Waals surface area (Å²) in [6.07, 6.45) is -0.675. The Hall–Kier alpha value is -3.19. The van der Waals surface area contributed by atoms with Crippen LogP contribution in [-0.2, 0) is 11.4 Å². The Morgan fingerprint density at radius 1 is 0.861 bits per heavy atom. The van der Waals surface area contributed by atoms with Gasteiger partial charge in [0, 0.05) is 17.0 Å². The molecule has 0 saturated carbocycles. The molecule has 194 valence electrons. The number of aromatic hydroxyl groups is 1. The van der Waals surface area contributed by atoms with Crippen molar-refractivity contribution in [2.75, 3.05) is 0 Å². The van der Waals surface area contributed by atoms with Crippen LogP contribution in [0, 0.1) is 11.8 Å². The van der Waals surface area contributed by atoms with E-state index >= 15 is 0 Å². The zero-order chi connectivity index (χ0) is 26.9. The third-order valence-electron chi connectivity index (χ3n) is 6.91. The fourth-order valence-corrected chi connectivity index (χ4v) is 4.34. The van der Waals surface area contributed by atoms with Gasteiger partial charge in [0.1, 0.15) is 5.75 Å². The molecule has 0 fully saturated rings. The lowest BCUT2D eigenvalue weighted by Crippen LogP contribution is -2.51. The van der Waals surface area contributed by atoms with E-state index in [9.17, 15) is 15.0 Å². The van der Waals surface area contributed by atoms with Gasteiger partial charge in [-0.1, -0.05) is 94.4 Å². The molecule has 6 N–H and O–H groups in total. The largest absolute Gasteiger partial charge is 0.508 e. The molecule has 0 amide bonds. The molecule has 0 saturated heterocycles. The zero-order valence-electron chi connectivity index (χ0n) is 21.5. The molecule has 0 spiro atoms. The van der Waals surface area contributed by atoms with Crippen molar-refractivity contribution in [3.05, 3.63) is 101 Å². The first-order valence-corrected chi connectivity index (χ1v) is 12.2. The van der Waals surface area contributed by atoms with E-state index in [-0.39, 0.29) is 23.8 Å². The average Bonchev–Trinajstić information content (AvgIpc) is 2.88. The molecule has 0 radical (unpaired) electrons. The molecule has 0 bridgehead atoms. The van der Waals surface area contributed by atoms with Gasteiger partial charge in [-0.25, -0.2) is 4.79 Å². The summed E-state index contributed by atoms with van der Waals surface area (Å²) in [5, 5.41) is 37.4. The summed E-state index contributed by atoms with van der Waals surface area (Å²) in [6, 6.07) is 23.8. The second-order valence-corrected chi connectivity index (χ2v) is 9.79. The highest BCUT2D eigenvalue weighted by Crippen LogP contribution is 2.41. The molecule has 0 aliphatic carbocycles. The van der Waals surface area contributed by atoms with Crippen LogP contribution in [0.1, 0.15) is 68.4 Å². The monoisotopic (exact) mass is 493 g/mol. The van der Waals surface area contributed by atoms with E-state index in [1.54, 1.807) is 42.5 Å². The van der Waals surface area contributed by atoms with Gasteiger partial charge in [-0.3, -0.25) is 0 Å². The maximum absolute atomic E-state index is 10.5. The van der Waals surface area contributed by atoms with Gasteiger partial charge in [-0.15, -0.1) is 0 Å². The first-order valence-electron chi connectivity index (χ1n) is 12.2. The van der Waals surface area contributed by atoms with Gasteiger partial charge < -0.3 is 26.2 Å². The lowest BCUT2D eigenvalue weighted by atomic mass is 9.69. The summed E-state index contributed by atoms with van der Waals surface area (Å²) >= 11 is 0. The first-order chi connectivity index (χ1) is 17.0. The van der Waals surface area contributed by atoms with Gasteiger partial charge >= 0.3 is 5.97 Å². The SMILES string of the molecule is CC(C)C(N)(CC(c1ccccc1)c1cc(CO)ccc1O)C(C)C.O=C(O)C(O)c1ccccc1. The number of hydrogen-bond donors (Lipinski definition) is 5. The predicted octanol–water partition coefficient (Wildman–Crippen LogP) is 5.22. The average molecular weight is 494 g/mol. The van der Waals surface area contributed by atoms with Crippen LogP contribution in [-0.4, -0.2) is 31.9 Å². The lowest BCUT2D eigenvalue weighted by Gasteiger charge is -2.41. The van der Waals surface area contributed by atoms with Crippen molar-refractivity contribution in [2.24, 2.45) is 17.6 Å². The number of aliphatic hydroxyl groups is 2. The maximum Gasteiger partial charge on any atom is 0.337 e. The minimum Gasteiger partial charge on any atom is -0.508 e. The van der Waals surface area contributed by atoms with Crippen molar-refractivity contribution < 1.29 is 25.2 Å². The number of carbonyl (C=O) groups is 1. The van der Waals surface area contributed by atoms with E-state index in [0.29, 0.717) is 17.4 Å². The number of benzene rings is 3. The Morgan fingerprint density at radius 3 is 1.81 bits per heavy atom. The van der Waals surface area contributed by atoms with Gasteiger partial charge in [0.15, 0.2) is 6.10 Å². The molecule has 0 aliphatic heterocycles. The third kappa shape index (κ3) is 7.40. The number of carboxylic acids is 1. The quantitative estimate of drug-likeness (QED) is 0.278. The number of carboxylic acid groups (broad SMARTS) is 1. The van der Waals surface area contributed by atoms with Crippen molar-refractivity contribution in [3.8, 4) is 5.75 Å². The molecule has 0 aliphatic rings. The second-order valence-electron chi connectivity index (χ2n) is 9.79. The number of rotatable bonds is 9. The van der Waals surface area contributed by atoms with Gasteiger partial charge in [0.05, 0.1) is 6.61 Å². The van der Waals surface area contributed by atoms with Crippen LogP contribution in [0.3, 0.4) is 0 Å². The molecule has 6 heteroatoms. The molecule has 2 unspecified atom stereocenters. The molecular weight excluding hydrogens is 454 g/mol. The molecule has 6 nitrogen and oxygen atoms in total. The summed E-state index contributed by atoms with van der Waals surface area (Å²) in [6.45, 7) is 8.59. The van der Waals surface area contributed by atoms with E-state index < -0.39 is 12.1 Å². The lowest BCUT2D eigenvalue weighted by molar-refractivity contribution is -0.146. The van der Waals surface area contributed by atoms with Crippen LogP contribution in [0.5, 0.6) is 5.75 Å². The van der Waals surface area contributed by atoms with E-state index in [2.05, 4.69) is 39.8 Å². The fraction of sp³-hybridized carbons (Fsp3) is 0.367. The fourth-order valence-electron chi connectivity index (χ4n) is 4.34. The topological polar surface area (TPSA) is 124 Å². The van der Waals surface area contributed by atoms with E-state index in [1.807, 2.05) is 24.3 Å². The predicted molar refractivity (Wildman–Crippen MR) is 143 cm³/mol. The number of phenolic OH excluding ortho intramolecular Hbond substituents is 1. The van der Waals surface area contributed by atoms with Crippen molar-refractivity contribution in [3.63, 3.8) is 0 Å². The number of aliphatic hydroxyl groups excluding tert-OH is 2. The van der Waals surface area contributed by atoms with Crippen molar-refractivity contribution in [1.82, 2.24) is 0 Å². The first kappa shape index (κ1) is 29.0. The van der Waals surface area contributed by atoms with E-state index in [4.69, 9.17) is 15.9 Å². The third-order valence-corrected chi connectivity index (χ3v) is 6.91. The molecule has 2 atom stereocenters. The van der Waals surface area contributed by atoms with Crippen molar-refractivity contribution >= 4 is 5.97 Å².